The second-order valence-electron chi connectivity index (χ2n) is 5.20. The zero-order valence-electron chi connectivity index (χ0n) is 12.1. The molecule has 6 heteroatoms. The Morgan fingerprint density at radius 1 is 1.38 bits per heavy atom. The predicted molar refractivity (Wildman–Crippen MR) is 84.5 cm³/mol. The molecule has 1 aliphatic rings. The number of aromatic nitrogens is 1. The van der Waals surface area contributed by atoms with Crippen molar-refractivity contribution in [1.29, 1.82) is 0 Å². The monoisotopic (exact) mass is 306 g/mol. The van der Waals surface area contributed by atoms with Gasteiger partial charge in [0.05, 0.1) is 0 Å². The van der Waals surface area contributed by atoms with E-state index in [9.17, 15) is 4.21 Å². The van der Waals surface area contributed by atoms with Gasteiger partial charge in [0.25, 0.3) is 0 Å². The Labute approximate surface area is 126 Å². The molecule has 1 N–H and O–H groups in total. The summed E-state index contributed by atoms with van der Waals surface area (Å²) in [5, 5.41) is 5.45. The minimum absolute atomic E-state index is 0.206. The quantitative estimate of drug-likeness (QED) is 0.920. The summed E-state index contributed by atoms with van der Waals surface area (Å²) in [5.41, 5.74) is 0. The topological polar surface area (TPSA) is 60.5 Å². The van der Waals surface area contributed by atoms with E-state index >= 15 is 0 Å². The number of nitrogens with one attached hydrogen (secondary N) is 1. The highest BCUT2D eigenvalue weighted by molar-refractivity contribution is 7.84. The molecule has 112 valence electrons. The Hall–Kier alpha value is -1.82. The number of benzene rings is 1. The summed E-state index contributed by atoms with van der Waals surface area (Å²) in [6.45, 7) is 2.33. The van der Waals surface area contributed by atoms with Gasteiger partial charge in [0, 0.05) is 40.4 Å². The van der Waals surface area contributed by atoms with Crippen LogP contribution >= 0.6 is 0 Å². The number of ether oxygens (including phenoxy) is 2. The van der Waals surface area contributed by atoms with Crippen molar-refractivity contribution in [2.75, 3.05) is 24.1 Å². The van der Waals surface area contributed by atoms with Crippen LogP contribution in [0.3, 0.4) is 0 Å². The number of hydrogen-bond acceptors (Lipinski definition) is 5. The lowest BCUT2D eigenvalue weighted by atomic mass is 10.1. The maximum Gasteiger partial charge on any atom is 0.231 e. The molecule has 0 radical (unpaired) electrons. The van der Waals surface area contributed by atoms with Crippen LogP contribution in [0, 0.1) is 0 Å². The molecule has 2 atom stereocenters. The third kappa shape index (κ3) is 3.10. The molecule has 1 aliphatic heterocycles. The maximum atomic E-state index is 11.2. The van der Waals surface area contributed by atoms with Gasteiger partial charge in [0.2, 0.25) is 6.79 Å². The molecule has 0 saturated heterocycles. The Kier molecular flexibility index (Phi) is 3.96. The number of nitrogens with zero attached hydrogens (tertiary/aromatic N) is 1. The summed E-state index contributed by atoms with van der Waals surface area (Å²) < 4.78 is 22.0. The van der Waals surface area contributed by atoms with Crippen LogP contribution in [0.4, 0.5) is 5.82 Å². The van der Waals surface area contributed by atoms with Crippen LogP contribution in [0.15, 0.2) is 24.4 Å². The lowest BCUT2D eigenvalue weighted by Gasteiger charge is -2.15. The number of anilines is 1. The fraction of sp³-hybridized carbons (Fsp3) is 0.400. The molecule has 0 aliphatic carbocycles. The molecule has 2 aromatic rings. The maximum absolute atomic E-state index is 11.2. The molecule has 2 heterocycles. The second kappa shape index (κ2) is 5.89. The van der Waals surface area contributed by atoms with E-state index in [-0.39, 0.29) is 12.8 Å². The van der Waals surface area contributed by atoms with E-state index in [0.29, 0.717) is 5.75 Å². The Bertz CT molecular complexity index is 690. The van der Waals surface area contributed by atoms with Crippen molar-refractivity contribution in [2.24, 2.45) is 0 Å². The van der Waals surface area contributed by atoms with Crippen LogP contribution in [0.5, 0.6) is 11.5 Å². The van der Waals surface area contributed by atoms with Crippen LogP contribution in [-0.4, -0.2) is 34.0 Å². The van der Waals surface area contributed by atoms with Crippen LogP contribution in [0.1, 0.15) is 13.3 Å². The largest absolute Gasteiger partial charge is 0.454 e. The van der Waals surface area contributed by atoms with Gasteiger partial charge in [-0.15, -0.1) is 0 Å². The number of hydrogen-bond donors (Lipinski definition) is 1. The van der Waals surface area contributed by atoms with E-state index in [1.165, 1.54) is 0 Å². The van der Waals surface area contributed by atoms with Gasteiger partial charge < -0.3 is 14.8 Å². The van der Waals surface area contributed by atoms with E-state index in [4.69, 9.17) is 9.47 Å². The average molecular weight is 306 g/mol. The van der Waals surface area contributed by atoms with Gasteiger partial charge in [-0.05, 0) is 36.9 Å². The first-order valence-electron chi connectivity index (χ1n) is 6.88. The molecule has 0 amide bonds. The molecule has 1 aromatic carbocycles. The fourth-order valence-electron chi connectivity index (χ4n) is 2.33. The van der Waals surface area contributed by atoms with Crippen molar-refractivity contribution in [3.63, 3.8) is 0 Å². The molecule has 5 nitrogen and oxygen atoms in total. The SMILES string of the molecule is CC(CCS(C)=O)Nc1nccc2cc3c(cc12)OCO3. The van der Waals surface area contributed by atoms with Crippen LogP contribution in [-0.2, 0) is 10.8 Å². The average Bonchev–Trinajstić information content (AvgIpc) is 2.90. The Balaban J connectivity index is 1.86. The first-order chi connectivity index (χ1) is 10.1. The minimum atomic E-state index is -0.768. The second-order valence-corrected chi connectivity index (χ2v) is 6.75. The summed E-state index contributed by atoms with van der Waals surface area (Å²) in [5.74, 6) is 3.03. The first kappa shape index (κ1) is 14.1. The number of pyridine rings is 1. The van der Waals surface area contributed by atoms with Crippen LogP contribution in [0.25, 0.3) is 10.8 Å². The van der Waals surface area contributed by atoms with E-state index in [1.54, 1.807) is 12.5 Å². The lowest BCUT2D eigenvalue weighted by Crippen LogP contribution is -2.18. The van der Waals surface area contributed by atoms with Crippen LogP contribution < -0.4 is 14.8 Å². The van der Waals surface area contributed by atoms with E-state index in [0.717, 1.165) is 34.5 Å². The normalized spacial score (nSPS) is 15.9. The van der Waals surface area contributed by atoms with Crippen LogP contribution in [0.2, 0.25) is 0 Å². The molecule has 0 bridgehead atoms. The minimum Gasteiger partial charge on any atom is -0.454 e. The molecule has 2 unspecified atom stereocenters. The molecule has 1 aromatic heterocycles. The predicted octanol–water partition coefficient (Wildman–Crippen LogP) is 2.53. The molecule has 0 spiro atoms. The summed E-state index contributed by atoms with van der Waals surface area (Å²) in [4.78, 5) is 4.42. The summed E-state index contributed by atoms with van der Waals surface area (Å²) >= 11 is 0. The van der Waals surface area contributed by atoms with Gasteiger partial charge in [0.15, 0.2) is 11.5 Å². The van der Waals surface area contributed by atoms with Crippen molar-refractivity contribution < 1.29 is 13.7 Å². The van der Waals surface area contributed by atoms with E-state index in [2.05, 4.69) is 17.2 Å². The van der Waals surface area contributed by atoms with Gasteiger partial charge >= 0.3 is 0 Å². The smallest absolute Gasteiger partial charge is 0.231 e. The standard InChI is InChI=1S/C15H18N2O3S/c1-10(4-6-21(2)18)17-15-12-8-14-13(19-9-20-14)7-11(12)3-5-16-15/h3,5,7-8,10H,4,6,9H2,1-2H3,(H,16,17). The van der Waals surface area contributed by atoms with Gasteiger partial charge in [-0.2, -0.15) is 0 Å². The molecular formula is C15H18N2O3S. The van der Waals surface area contributed by atoms with E-state index < -0.39 is 10.8 Å². The fourth-order valence-corrected chi connectivity index (χ4v) is 3.01. The zero-order valence-corrected chi connectivity index (χ0v) is 12.9. The summed E-state index contributed by atoms with van der Waals surface area (Å²) in [6, 6.07) is 6.08. The molecule has 0 saturated carbocycles. The summed E-state index contributed by atoms with van der Waals surface area (Å²) in [7, 11) is -0.768. The first-order valence-corrected chi connectivity index (χ1v) is 8.61. The highest BCUT2D eigenvalue weighted by Crippen LogP contribution is 2.37. The highest BCUT2D eigenvalue weighted by Gasteiger charge is 2.16. The highest BCUT2D eigenvalue weighted by atomic mass is 32.2. The Morgan fingerprint density at radius 2 is 2.14 bits per heavy atom. The molecular weight excluding hydrogens is 288 g/mol. The Morgan fingerprint density at radius 3 is 2.90 bits per heavy atom. The van der Waals surface area contributed by atoms with Crippen molar-refractivity contribution in [1.82, 2.24) is 4.98 Å². The van der Waals surface area contributed by atoms with E-state index in [1.807, 2.05) is 18.2 Å². The lowest BCUT2D eigenvalue weighted by molar-refractivity contribution is 0.174. The summed E-state index contributed by atoms with van der Waals surface area (Å²) in [6.07, 6.45) is 4.34. The van der Waals surface area contributed by atoms with Crippen molar-refractivity contribution in [3.8, 4) is 11.5 Å². The zero-order chi connectivity index (χ0) is 14.8. The van der Waals surface area contributed by atoms with Crippen molar-refractivity contribution in [3.05, 3.63) is 24.4 Å². The molecule has 21 heavy (non-hydrogen) atoms. The molecule has 3 rings (SSSR count). The van der Waals surface area contributed by atoms with Gasteiger partial charge in [-0.3, -0.25) is 4.21 Å². The van der Waals surface area contributed by atoms with Gasteiger partial charge in [-0.1, -0.05) is 0 Å². The number of fused-ring (bicyclic) bond motifs is 2. The number of rotatable bonds is 5. The van der Waals surface area contributed by atoms with Crippen molar-refractivity contribution in [2.45, 2.75) is 19.4 Å². The third-order valence-electron chi connectivity index (χ3n) is 3.48. The van der Waals surface area contributed by atoms with Gasteiger partial charge in [0.1, 0.15) is 5.82 Å². The van der Waals surface area contributed by atoms with Gasteiger partial charge in [-0.25, -0.2) is 4.98 Å². The third-order valence-corrected chi connectivity index (χ3v) is 4.29. The van der Waals surface area contributed by atoms with Crippen molar-refractivity contribution >= 4 is 27.4 Å². The molecule has 0 fully saturated rings.